The number of hydrogen-bond acceptors (Lipinski definition) is 5. The average molecular weight is 368 g/mol. The van der Waals surface area contributed by atoms with Crippen LogP contribution in [0.4, 0.5) is 10.3 Å². The Morgan fingerprint density at radius 3 is 2.95 bits per heavy atom. The molecule has 1 N–H and O–H groups in total. The molecule has 0 saturated heterocycles. The first-order chi connectivity index (χ1) is 10.2. The van der Waals surface area contributed by atoms with Crippen molar-refractivity contribution in [2.24, 2.45) is 0 Å². The number of benzene rings is 1. The highest BCUT2D eigenvalue weighted by atomic mass is 79.9. The highest BCUT2D eigenvalue weighted by molar-refractivity contribution is 9.10. The van der Waals surface area contributed by atoms with Crippen molar-refractivity contribution in [2.45, 2.75) is 6.92 Å². The van der Waals surface area contributed by atoms with Crippen molar-refractivity contribution >= 4 is 43.4 Å². The van der Waals surface area contributed by atoms with Crippen LogP contribution in [0.2, 0.25) is 0 Å². The Balaban J connectivity index is 2.01. The minimum absolute atomic E-state index is 0.380. The minimum atomic E-state index is -0.380. The molecule has 1 aromatic carbocycles. The molecule has 0 aliphatic carbocycles. The zero-order valence-electron chi connectivity index (χ0n) is 11.1. The maximum atomic E-state index is 13.6. The average Bonchev–Trinajstić information content (AvgIpc) is 2.92. The summed E-state index contributed by atoms with van der Waals surface area (Å²) in [6.07, 6.45) is 0. The van der Waals surface area contributed by atoms with Crippen molar-refractivity contribution in [2.75, 3.05) is 11.9 Å². The quantitative estimate of drug-likeness (QED) is 0.718. The van der Waals surface area contributed by atoms with Crippen LogP contribution in [-0.2, 0) is 0 Å². The van der Waals surface area contributed by atoms with Gasteiger partial charge in [0.2, 0.25) is 11.8 Å². The van der Waals surface area contributed by atoms with E-state index < -0.39 is 0 Å². The zero-order valence-corrected chi connectivity index (χ0v) is 13.5. The first kappa shape index (κ1) is 14.2. The first-order valence-electron chi connectivity index (χ1n) is 6.29. The van der Waals surface area contributed by atoms with Gasteiger partial charge in [0, 0.05) is 12.6 Å². The summed E-state index contributed by atoms with van der Waals surface area (Å²) >= 11 is 4.62. The van der Waals surface area contributed by atoms with Crippen molar-refractivity contribution in [1.29, 1.82) is 0 Å². The molecule has 4 nitrogen and oxygen atoms in total. The summed E-state index contributed by atoms with van der Waals surface area (Å²) in [5.74, 6) is 0.929. The summed E-state index contributed by atoms with van der Waals surface area (Å²) in [4.78, 5) is 9.56. The Labute approximate surface area is 133 Å². The molecule has 2 heterocycles. The highest BCUT2D eigenvalue weighted by Gasteiger charge is 2.11. The van der Waals surface area contributed by atoms with E-state index in [9.17, 15) is 4.39 Å². The maximum Gasteiger partial charge on any atom is 0.232 e. The molecule has 0 saturated carbocycles. The molecule has 7 heteroatoms. The van der Waals surface area contributed by atoms with Crippen LogP contribution in [0.25, 0.3) is 10.2 Å². The van der Waals surface area contributed by atoms with E-state index in [0.717, 1.165) is 10.2 Å². The number of fused-ring (bicyclic) bond motifs is 1. The number of hydrogen-bond donors (Lipinski definition) is 1. The molecule has 0 bridgehead atoms. The van der Waals surface area contributed by atoms with Gasteiger partial charge in [-0.3, -0.25) is 0 Å². The van der Waals surface area contributed by atoms with E-state index in [1.165, 1.54) is 17.4 Å². The smallest absolute Gasteiger partial charge is 0.232 e. The lowest BCUT2D eigenvalue weighted by molar-refractivity contribution is 0.463. The van der Waals surface area contributed by atoms with E-state index in [1.54, 1.807) is 12.1 Å². The third kappa shape index (κ3) is 2.98. The number of halogens is 2. The van der Waals surface area contributed by atoms with Gasteiger partial charge in [0.1, 0.15) is 16.4 Å². The summed E-state index contributed by atoms with van der Waals surface area (Å²) in [6.45, 7) is 2.68. The molecule has 21 heavy (non-hydrogen) atoms. The van der Waals surface area contributed by atoms with Crippen LogP contribution in [0.1, 0.15) is 6.92 Å². The zero-order chi connectivity index (χ0) is 14.8. The van der Waals surface area contributed by atoms with Gasteiger partial charge >= 0.3 is 0 Å². The molecule has 0 atom stereocenters. The van der Waals surface area contributed by atoms with Crippen molar-refractivity contribution < 1.29 is 9.13 Å². The van der Waals surface area contributed by atoms with Crippen LogP contribution in [-0.4, -0.2) is 16.5 Å². The molecule has 0 aliphatic rings. The van der Waals surface area contributed by atoms with Crippen molar-refractivity contribution in [1.82, 2.24) is 9.97 Å². The fourth-order valence-electron chi connectivity index (χ4n) is 1.80. The molecular formula is C14H11BrFN3OS. The van der Waals surface area contributed by atoms with Crippen LogP contribution in [0.5, 0.6) is 11.6 Å². The number of nitrogens with zero attached hydrogens (tertiary/aromatic N) is 2. The van der Waals surface area contributed by atoms with Crippen molar-refractivity contribution in [3.8, 4) is 11.6 Å². The van der Waals surface area contributed by atoms with Crippen molar-refractivity contribution in [3.05, 3.63) is 39.9 Å². The van der Waals surface area contributed by atoms with Crippen LogP contribution in [0.15, 0.2) is 34.1 Å². The predicted octanol–water partition coefficient (Wildman–Crippen LogP) is 4.82. The Morgan fingerprint density at radius 1 is 1.33 bits per heavy atom. The Morgan fingerprint density at radius 2 is 2.19 bits per heavy atom. The standard InChI is InChI=1S/C14H11BrFN3OS/c1-2-17-14-18-12(9-5-6-21-13(9)19-14)20-8-3-4-10(15)11(16)7-8/h3-7H,2H2,1H3,(H,17,18,19). The topological polar surface area (TPSA) is 47.0 Å². The monoisotopic (exact) mass is 367 g/mol. The molecule has 3 rings (SSSR count). The number of nitrogens with one attached hydrogen (secondary N) is 1. The van der Waals surface area contributed by atoms with Crippen molar-refractivity contribution in [3.63, 3.8) is 0 Å². The van der Waals surface area contributed by atoms with Crippen LogP contribution < -0.4 is 10.1 Å². The molecule has 0 amide bonds. The fourth-order valence-corrected chi connectivity index (χ4v) is 2.80. The number of ether oxygens (including phenoxy) is 1. The van der Waals surface area contributed by atoms with E-state index in [4.69, 9.17) is 4.74 Å². The molecule has 0 radical (unpaired) electrons. The Kier molecular flexibility index (Phi) is 4.03. The number of anilines is 1. The summed E-state index contributed by atoms with van der Waals surface area (Å²) in [5.41, 5.74) is 0. The normalized spacial score (nSPS) is 10.8. The Hall–Kier alpha value is -1.73. The van der Waals surface area contributed by atoms with Crippen LogP contribution in [0.3, 0.4) is 0 Å². The minimum Gasteiger partial charge on any atom is -0.438 e. The van der Waals surface area contributed by atoms with Gasteiger partial charge < -0.3 is 10.1 Å². The third-order valence-electron chi connectivity index (χ3n) is 2.73. The molecule has 0 fully saturated rings. The van der Waals surface area contributed by atoms with Crippen LogP contribution in [0, 0.1) is 5.82 Å². The SMILES string of the molecule is CCNc1nc(Oc2ccc(Br)c(F)c2)c2ccsc2n1. The molecule has 0 spiro atoms. The lowest BCUT2D eigenvalue weighted by Gasteiger charge is -2.08. The van der Waals surface area contributed by atoms with Gasteiger partial charge in [-0.15, -0.1) is 11.3 Å². The molecule has 3 aromatic rings. The lowest BCUT2D eigenvalue weighted by Crippen LogP contribution is -2.03. The van der Waals surface area contributed by atoms with Gasteiger partial charge in [0.15, 0.2) is 0 Å². The second-order valence-corrected chi connectivity index (χ2v) is 5.95. The predicted molar refractivity (Wildman–Crippen MR) is 85.8 cm³/mol. The fraction of sp³-hybridized carbons (Fsp3) is 0.143. The number of rotatable bonds is 4. The molecule has 0 unspecified atom stereocenters. The molecule has 108 valence electrons. The molecule has 2 aromatic heterocycles. The summed E-state index contributed by atoms with van der Waals surface area (Å²) < 4.78 is 19.7. The van der Waals surface area contributed by atoms with Gasteiger partial charge in [0.05, 0.1) is 9.86 Å². The van der Waals surface area contributed by atoms with E-state index in [-0.39, 0.29) is 5.82 Å². The largest absolute Gasteiger partial charge is 0.438 e. The number of thiophene rings is 1. The van der Waals surface area contributed by atoms with Gasteiger partial charge in [-0.2, -0.15) is 4.98 Å². The van der Waals surface area contributed by atoms with Gasteiger partial charge in [-0.05, 0) is 46.4 Å². The van der Waals surface area contributed by atoms with Gasteiger partial charge in [-0.25, -0.2) is 9.37 Å². The first-order valence-corrected chi connectivity index (χ1v) is 7.96. The van der Waals surface area contributed by atoms with E-state index >= 15 is 0 Å². The van der Waals surface area contributed by atoms with E-state index in [1.807, 2.05) is 18.4 Å². The molecular weight excluding hydrogens is 357 g/mol. The lowest BCUT2D eigenvalue weighted by atomic mass is 10.3. The second-order valence-electron chi connectivity index (χ2n) is 4.20. The Bertz CT molecular complexity index is 793. The number of aromatic nitrogens is 2. The van der Waals surface area contributed by atoms with E-state index in [2.05, 4.69) is 31.2 Å². The third-order valence-corrected chi connectivity index (χ3v) is 4.18. The van der Waals surface area contributed by atoms with E-state index in [0.29, 0.717) is 28.6 Å². The second kappa shape index (κ2) is 5.95. The summed E-state index contributed by atoms with van der Waals surface area (Å²) in [6, 6.07) is 6.49. The highest BCUT2D eigenvalue weighted by Crippen LogP contribution is 2.32. The summed E-state index contributed by atoms with van der Waals surface area (Å²) in [7, 11) is 0. The van der Waals surface area contributed by atoms with Crippen LogP contribution >= 0.6 is 27.3 Å². The van der Waals surface area contributed by atoms with Gasteiger partial charge in [0.25, 0.3) is 0 Å². The van der Waals surface area contributed by atoms with Gasteiger partial charge in [-0.1, -0.05) is 0 Å². The molecule has 0 aliphatic heterocycles. The maximum absolute atomic E-state index is 13.6. The summed E-state index contributed by atoms with van der Waals surface area (Å²) in [5, 5.41) is 5.79.